The number of hydrogen-bond donors (Lipinski definition) is 2. The fraction of sp³-hybridized carbons (Fsp3) is 0. The Bertz CT molecular complexity index is 540. The molecular weight excluding hydrogens is 235 g/mol. The van der Waals surface area contributed by atoms with Gasteiger partial charge in [-0.15, -0.1) is 0 Å². The number of hydrogen-bond acceptors (Lipinski definition) is 1. The van der Waals surface area contributed by atoms with Crippen molar-refractivity contribution < 1.29 is 4.39 Å². The molecule has 0 fully saturated rings. The van der Waals surface area contributed by atoms with Crippen LogP contribution in [0.15, 0.2) is 48.5 Å². The van der Waals surface area contributed by atoms with Crippen molar-refractivity contribution in [2.45, 2.75) is 0 Å². The largest absolute Gasteiger partial charge is 0.376 e. The number of nitrogens with one attached hydrogen (secondary N) is 1. The van der Waals surface area contributed by atoms with Crippen LogP contribution in [-0.4, -0.2) is 5.11 Å². The van der Waals surface area contributed by atoms with Crippen LogP contribution in [0.4, 0.5) is 10.1 Å². The third-order valence-electron chi connectivity index (χ3n) is 2.32. The zero-order chi connectivity index (χ0) is 12.3. The van der Waals surface area contributed by atoms with Gasteiger partial charge in [-0.2, -0.15) is 0 Å². The summed E-state index contributed by atoms with van der Waals surface area (Å²) in [6.45, 7) is 0. The number of rotatable bonds is 2. The lowest BCUT2D eigenvalue weighted by Gasteiger charge is -2.11. The molecule has 0 aliphatic heterocycles. The Labute approximate surface area is 104 Å². The van der Waals surface area contributed by atoms with Crippen molar-refractivity contribution in [1.82, 2.24) is 0 Å². The van der Waals surface area contributed by atoms with Crippen LogP contribution in [0, 0.1) is 5.82 Å². The highest BCUT2D eigenvalue weighted by atomic mass is 32.1. The molecule has 0 amide bonds. The standard InChI is InChI=1S/C13H11FN2S/c14-10-6-7-11(9-4-2-1-3-5-9)12(8-10)16-13(15)17/h1-8H,(H3,15,16,17). The van der Waals surface area contributed by atoms with Crippen LogP contribution in [-0.2, 0) is 0 Å². The molecule has 0 aliphatic rings. The Morgan fingerprint density at radius 3 is 2.47 bits per heavy atom. The van der Waals surface area contributed by atoms with Gasteiger partial charge in [0.15, 0.2) is 5.11 Å². The van der Waals surface area contributed by atoms with Gasteiger partial charge in [0.25, 0.3) is 0 Å². The summed E-state index contributed by atoms with van der Waals surface area (Å²) in [5, 5.41) is 2.90. The van der Waals surface area contributed by atoms with E-state index in [1.807, 2.05) is 30.3 Å². The van der Waals surface area contributed by atoms with E-state index in [9.17, 15) is 4.39 Å². The highest BCUT2D eigenvalue weighted by molar-refractivity contribution is 7.80. The van der Waals surface area contributed by atoms with E-state index in [2.05, 4.69) is 5.32 Å². The SMILES string of the molecule is NC(=S)Nc1cc(F)ccc1-c1ccccc1. The minimum absolute atomic E-state index is 0.118. The van der Waals surface area contributed by atoms with E-state index in [1.54, 1.807) is 6.07 Å². The molecule has 0 saturated carbocycles. The second-order valence-corrected chi connectivity index (χ2v) is 3.99. The zero-order valence-corrected chi connectivity index (χ0v) is 9.80. The molecule has 0 aromatic heterocycles. The van der Waals surface area contributed by atoms with Crippen molar-refractivity contribution in [1.29, 1.82) is 0 Å². The van der Waals surface area contributed by atoms with Gasteiger partial charge in [0.05, 0.1) is 5.69 Å². The van der Waals surface area contributed by atoms with Crippen LogP contribution in [0.1, 0.15) is 0 Å². The van der Waals surface area contributed by atoms with Crippen LogP contribution in [0.5, 0.6) is 0 Å². The van der Waals surface area contributed by atoms with Crippen molar-refractivity contribution in [2.75, 3.05) is 5.32 Å². The van der Waals surface area contributed by atoms with E-state index in [0.29, 0.717) is 5.69 Å². The lowest BCUT2D eigenvalue weighted by molar-refractivity contribution is 0.628. The van der Waals surface area contributed by atoms with E-state index in [1.165, 1.54) is 12.1 Å². The lowest BCUT2D eigenvalue weighted by atomic mass is 10.0. The first-order valence-electron chi connectivity index (χ1n) is 5.08. The fourth-order valence-corrected chi connectivity index (χ4v) is 1.73. The van der Waals surface area contributed by atoms with Crippen LogP contribution in [0.3, 0.4) is 0 Å². The number of thiocarbonyl (C=S) groups is 1. The molecule has 17 heavy (non-hydrogen) atoms. The smallest absolute Gasteiger partial charge is 0.168 e. The molecule has 2 rings (SSSR count). The summed E-state index contributed by atoms with van der Waals surface area (Å²) < 4.78 is 13.2. The van der Waals surface area contributed by atoms with Gasteiger partial charge in [-0.1, -0.05) is 30.3 Å². The van der Waals surface area contributed by atoms with Gasteiger partial charge >= 0.3 is 0 Å². The Kier molecular flexibility index (Phi) is 3.35. The highest BCUT2D eigenvalue weighted by Crippen LogP contribution is 2.28. The average molecular weight is 246 g/mol. The van der Waals surface area contributed by atoms with Crippen molar-refractivity contribution in [3.63, 3.8) is 0 Å². The van der Waals surface area contributed by atoms with Crippen LogP contribution >= 0.6 is 12.2 Å². The Balaban J connectivity index is 2.50. The van der Waals surface area contributed by atoms with E-state index in [-0.39, 0.29) is 10.9 Å². The first-order chi connectivity index (χ1) is 8.16. The Morgan fingerprint density at radius 2 is 1.82 bits per heavy atom. The third kappa shape index (κ3) is 2.79. The van der Waals surface area contributed by atoms with E-state index >= 15 is 0 Å². The van der Waals surface area contributed by atoms with Gasteiger partial charge in [0.1, 0.15) is 5.82 Å². The summed E-state index contributed by atoms with van der Waals surface area (Å²) >= 11 is 4.77. The van der Waals surface area contributed by atoms with Gasteiger partial charge in [-0.05, 0) is 36.0 Å². The van der Waals surface area contributed by atoms with Gasteiger partial charge in [0, 0.05) is 5.56 Å². The minimum atomic E-state index is -0.330. The Hall–Kier alpha value is -1.94. The van der Waals surface area contributed by atoms with Gasteiger partial charge in [0.2, 0.25) is 0 Å². The first kappa shape index (κ1) is 11.5. The summed E-state index contributed by atoms with van der Waals surface area (Å²) in [6, 6.07) is 14.1. The number of halogens is 1. The monoisotopic (exact) mass is 246 g/mol. The summed E-state index contributed by atoms with van der Waals surface area (Å²) in [4.78, 5) is 0. The molecule has 2 nitrogen and oxygen atoms in total. The number of benzene rings is 2. The molecular formula is C13H11FN2S. The molecule has 2 aromatic rings. The van der Waals surface area contributed by atoms with Crippen LogP contribution in [0.25, 0.3) is 11.1 Å². The molecule has 0 radical (unpaired) electrons. The van der Waals surface area contributed by atoms with E-state index in [0.717, 1.165) is 11.1 Å². The van der Waals surface area contributed by atoms with Crippen LogP contribution < -0.4 is 11.1 Å². The molecule has 2 aromatic carbocycles. The molecule has 0 aliphatic carbocycles. The quantitative estimate of drug-likeness (QED) is 0.799. The first-order valence-corrected chi connectivity index (χ1v) is 5.49. The average Bonchev–Trinajstić information content (AvgIpc) is 2.29. The van der Waals surface area contributed by atoms with Gasteiger partial charge < -0.3 is 11.1 Å². The third-order valence-corrected chi connectivity index (χ3v) is 2.43. The second-order valence-electron chi connectivity index (χ2n) is 3.55. The van der Waals surface area contributed by atoms with E-state index < -0.39 is 0 Å². The number of anilines is 1. The summed E-state index contributed by atoms with van der Waals surface area (Å²) in [6.07, 6.45) is 0. The molecule has 4 heteroatoms. The fourth-order valence-electron chi connectivity index (χ4n) is 1.62. The van der Waals surface area contributed by atoms with Crippen LogP contribution in [0.2, 0.25) is 0 Å². The maximum absolute atomic E-state index is 13.2. The normalized spacial score (nSPS) is 9.94. The minimum Gasteiger partial charge on any atom is -0.376 e. The summed E-state index contributed by atoms with van der Waals surface area (Å²) in [7, 11) is 0. The topological polar surface area (TPSA) is 38.0 Å². The van der Waals surface area contributed by atoms with Crippen molar-refractivity contribution >= 4 is 23.0 Å². The van der Waals surface area contributed by atoms with Gasteiger partial charge in [-0.3, -0.25) is 0 Å². The summed E-state index contributed by atoms with van der Waals surface area (Å²) in [5.41, 5.74) is 7.83. The summed E-state index contributed by atoms with van der Waals surface area (Å²) in [5.74, 6) is -0.330. The van der Waals surface area contributed by atoms with Gasteiger partial charge in [-0.25, -0.2) is 4.39 Å². The zero-order valence-electron chi connectivity index (χ0n) is 8.98. The molecule has 0 unspecified atom stereocenters. The lowest BCUT2D eigenvalue weighted by Crippen LogP contribution is -2.19. The predicted molar refractivity (Wildman–Crippen MR) is 72.2 cm³/mol. The molecule has 86 valence electrons. The van der Waals surface area contributed by atoms with Crippen molar-refractivity contribution in [2.24, 2.45) is 5.73 Å². The molecule has 0 heterocycles. The maximum atomic E-state index is 13.2. The number of nitrogens with two attached hydrogens (primary N) is 1. The maximum Gasteiger partial charge on any atom is 0.168 e. The van der Waals surface area contributed by atoms with Crippen molar-refractivity contribution in [3.8, 4) is 11.1 Å². The molecule has 0 spiro atoms. The highest BCUT2D eigenvalue weighted by Gasteiger charge is 2.06. The van der Waals surface area contributed by atoms with E-state index in [4.69, 9.17) is 18.0 Å². The molecule has 0 bridgehead atoms. The second kappa shape index (κ2) is 4.93. The molecule has 3 N–H and O–H groups in total. The Morgan fingerprint density at radius 1 is 1.12 bits per heavy atom. The molecule has 0 saturated heterocycles. The molecule has 0 atom stereocenters. The predicted octanol–water partition coefficient (Wildman–Crippen LogP) is 3.15. The van der Waals surface area contributed by atoms with Crippen molar-refractivity contribution in [3.05, 3.63) is 54.3 Å².